The fourth-order valence-electron chi connectivity index (χ4n) is 2.70. The van der Waals surface area contributed by atoms with Gasteiger partial charge < -0.3 is 0 Å². The van der Waals surface area contributed by atoms with E-state index in [1.54, 1.807) is 0 Å². The minimum Gasteiger partial charge on any atom is -0.194 e. The van der Waals surface area contributed by atoms with Crippen molar-refractivity contribution in [2.45, 2.75) is 45.4 Å². The van der Waals surface area contributed by atoms with E-state index in [2.05, 4.69) is 54.4 Å². The maximum atomic E-state index is 4.65. The molecule has 1 fully saturated rings. The molecule has 1 nitrogen and oxygen atoms in total. The molecule has 0 radical (unpaired) electrons. The van der Waals surface area contributed by atoms with Crippen molar-refractivity contribution >= 4 is 23.1 Å². The Morgan fingerprint density at radius 1 is 1.24 bits per heavy atom. The molecule has 0 atom stereocenters. The lowest BCUT2D eigenvalue weighted by molar-refractivity contribution is 0.348. The van der Waals surface area contributed by atoms with Crippen LogP contribution in [-0.4, -0.2) is 5.16 Å². The monoisotopic (exact) mass is 245 g/mol. The lowest BCUT2D eigenvalue weighted by Crippen LogP contribution is -2.10. The first-order valence-electron chi connectivity index (χ1n) is 6.39. The standard InChI is InChI=1S/C15H19NS/c1-11-3-5-13(6-4-11)14-7-8-15(16-10-17)12(2)9-14/h7-9,11,13H,3-6H2,1-2H3. The van der Waals surface area contributed by atoms with E-state index in [0.717, 1.165) is 17.5 Å². The van der Waals surface area contributed by atoms with E-state index in [0.29, 0.717) is 0 Å². The summed E-state index contributed by atoms with van der Waals surface area (Å²) in [5, 5.41) is 2.44. The van der Waals surface area contributed by atoms with Crippen molar-refractivity contribution in [3.05, 3.63) is 29.3 Å². The normalized spacial score (nSPS) is 24.1. The highest BCUT2D eigenvalue weighted by Gasteiger charge is 2.19. The van der Waals surface area contributed by atoms with Gasteiger partial charge in [-0.3, -0.25) is 0 Å². The van der Waals surface area contributed by atoms with Gasteiger partial charge in [-0.05, 0) is 61.0 Å². The van der Waals surface area contributed by atoms with E-state index in [-0.39, 0.29) is 0 Å². The highest BCUT2D eigenvalue weighted by molar-refractivity contribution is 7.78. The van der Waals surface area contributed by atoms with Gasteiger partial charge in [-0.15, -0.1) is 0 Å². The van der Waals surface area contributed by atoms with Crippen molar-refractivity contribution in [2.24, 2.45) is 10.9 Å². The van der Waals surface area contributed by atoms with Gasteiger partial charge in [0.15, 0.2) is 0 Å². The minimum atomic E-state index is 0.746. The predicted octanol–water partition coefficient (Wildman–Crippen LogP) is 5.02. The first kappa shape index (κ1) is 12.5. The van der Waals surface area contributed by atoms with Crippen molar-refractivity contribution in [3.8, 4) is 0 Å². The molecule has 0 bridgehead atoms. The molecular formula is C15H19NS. The summed E-state index contributed by atoms with van der Waals surface area (Å²) in [6.45, 7) is 4.46. The summed E-state index contributed by atoms with van der Waals surface area (Å²) >= 11 is 4.65. The molecule has 0 N–H and O–H groups in total. The van der Waals surface area contributed by atoms with Crippen LogP contribution in [0.4, 0.5) is 5.69 Å². The molecule has 0 amide bonds. The molecule has 0 aliphatic heterocycles. The van der Waals surface area contributed by atoms with Crippen molar-refractivity contribution < 1.29 is 0 Å². The van der Waals surface area contributed by atoms with Crippen LogP contribution in [0, 0.1) is 12.8 Å². The fraction of sp³-hybridized carbons (Fsp3) is 0.533. The predicted molar refractivity (Wildman–Crippen MR) is 76.2 cm³/mol. The van der Waals surface area contributed by atoms with Gasteiger partial charge in [0.25, 0.3) is 0 Å². The van der Waals surface area contributed by atoms with Gasteiger partial charge in [0.05, 0.1) is 10.8 Å². The largest absolute Gasteiger partial charge is 0.194 e. The summed E-state index contributed by atoms with van der Waals surface area (Å²) in [5.74, 6) is 1.65. The number of thiocarbonyl (C=S) groups is 1. The molecule has 1 aliphatic rings. The van der Waals surface area contributed by atoms with Gasteiger partial charge in [0, 0.05) is 0 Å². The van der Waals surface area contributed by atoms with Crippen LogP contribution in [-0.2, 0) is 0 Å². The molecule has 0 spiro atoms. The third-order valence-electron chi connectivity index (χ3n) is 3.87. The molecule has 0 unspecified atom stereocenters. The molecule has 0 saturated heterocycles. The van der Waals surface area contributed by atoms with Gasteiger partial charge in [-0.1, -0.05) is 31.9 Å². The van der Waals surface area contributed by atoms with Gasteiger partial charge >= 0.3 is 0 Å². The maximum Gasteiger partial charge on any atom is 0.0768 e. The molecule has 2 heteroatoms. The average molecular weight is 245 g/mol. The molecule has 17 heavy (non-hydrogen) atoms. The summed E-state index contributed by atoms with van der Waals surface area (Å²) in [7, 11) is 0. The summed E-state index contributed by atoms with van der Waals surface area (Å²) in [6, 6.07) is 6.55. The summed E-state index contributed by atoms with van der Waals surface area (Å²) in [5.41, 5.74) is 3.63. The van der Waals surface area contributed by atoms with E-state index in [1.165, 1.54) is 36.8 Å². The van der Waals surface area contributed by atoms with Crippen molar-refractivity contribution in [3.63, 3.8) is 0 Å². The Morgan fingerprint density at radius 3 is 2.53 bits per heavy atom. The van der Waals surface area contributed by atoms with Crippen LogP contribution in [0.15, 0.2) is 23.2 Å². The number of benzene rings is 1. The summed E-state index contributed by atoms with van der Waals surface area (Å²) in [4.78, 5) is 4.07. The Balaban J connectivity index is 2.17. The van der Waals surface area contributed by atoms with Crippen LogP contribution >= 0.6 is 12.2 Å². The number of aliphatic imine (C=N–C) groups is 1. The molecule has 0 heterocycles. The van der Waals surface area contributed by atoms with Gasteiger partial charge in [-0.2, -0.15) is 4.99 Å². The Labute approximate surface area is 109 Å². The van der Waals surface area contributed by atoms with Gasteiger partial charge in [0.1, 0.15) is 0 Å². The maximum absolute atomic E-state index is 4.65. The van der Waals surface area contributed by atoms with Crippen molar-refractivity contribution in [1.29, 1.82) is 0 Å². The quantitative estimate of drug-likeness (QED) is 0.526. The third-order valence-corrected chi connectivity index (χ3v) is 3.97. The number of hydrogen-bond acceptors (Lipinski definition) is 2. The SMILES string of the molecule is Cc1cc(C2CCC(C)CC2)ccc1N=C=S. The lowest BCUT2D eigenvalue weighted by Gasteiger charge is -2.26. The smallest absolute Gasteiger partial charge is 0.0768 e. The van der Waals surface area contributed by atoms with Crippen LogP contribution in [0.3, 0.4) is 0 Å². The second-order valence-corrected chi connectivity index (χ2v) is 5.39. The van der Waals surface area contributed by atoms with E-state index in [9.17, 15) is 0 Å². The topological polar surface area (TPSA) is 12.4 Å². The van der Waals surface area contributed by atoms with Crippen LogP contribution < -0.4 is 0 Å². The van der Waals surface area contributed by atoms with Gasteiger partial charge in [-0.25, -0.2) is 0 Å². The third kappa shape index (κ3) is 3.02. The molecule has 0 aromatic heterocycles. The van der Waals surface area contributed by atoms with Crippen LogP contribution in [0.5, 0.6) is 0 Å². The number of aryl methyl sites for hydroxylation is 1. The molecule has 1 aromatic carbocycles. The zero-order valence-corrected chi connectivity index (χ0v) is 11.4. The average Bonchev–Trinajstić information content (AvgIpc) is 2.33. The van der Waals surface area contributed by atoms with Crippen molar-refractivity contribution in [1.82, 2.24) is 0 Å². The Bertz CT molecular complexity index is 438. The molecule has 1 aliphatic carbocycles. The van der Waals surface area contributed by atoms with E-state index in [1.807, 2.05) is 0 Å². The second kappa shape index (κ2) is 5.57. The zero-order chi connectivity index (χ0) is 12.3. The number of hydrogen-bond donors (Lipinski definition) is 0. The Kier molecular flexibility index (Phi) is 4.09. The van der Waals surface area contributed by atoms with Crippen molar-refractivity contribution in [2.75, 3.05) is 0 Å². The summed E-state index contributed by atoms with van der Waals surface area (Å²) < 4.78 is 0. The highest BCUT2D eigenvalue weighted by Crippen LogP contribution is 2.36. The van der Waals surface area contributed by atoms with Crippen LogP contribution in [0.2, 0.25) is 0 Å². The van der Waals surface area contributed by atoms with E-state index < -0.39 is 0 Å². The fourth-order valence-corrected chi connectivity index (χ4v) is 2.80. The molecular weight excluding hydrogens is 226 g/mol. The molecule has 90 valence electrons. The van der Waals surface area contributed by atoms with E-state index in [4.69, 9.17) is 0 Å². The number of isothiocyanates is 1. The van der Waals surface area contributed by atoms with Crippen LogP contribution in [0.25, 0.3) is 0 Å². The van der Waals surface area contributed by atoms with Crippen LogP contribution in [0.1, 0.15) is 49.7 Å². The molecule has 2 rings (SSSR count). The molecule has 1 aromatic rings. The first-order chi connectivity index (χ1) is 8.20. The Hall–Kier alpha value is -0.980. The van der Waals surface area contributed by atoms with Gasteiger partial charge in [0.2, 0.25) is 0 Å². The summed E-state index contributed by atoms with van der Waals surface area (Å²) in [6.07, 6.45) is 5.39. The Morgan fingerprint density at radius 2 is 1.94 bits per heavy atom. The van der Waals surface area contributed by atoms with E-state index >= 15 is 0 Å². The number of rotatable bonds is 2. The highest BCUT2D eigenvalue weighted by atomic mass is 32.1. The second-order valence-electron chi connectivity index (χ2n) is 5.21. The zero-order valence-electron chi connectivity index (χ0n) is 10.6. The number of nitrogens with zero attached hydrogens (tertiary/aromatic N) is 1. The lowest BCUT2D eigenvalue weighted by atomic mass is 9.79. The minimum absolute atomic E-state index is 0.746. The molecule has 1 saturated carbocycles. The first-order valence-corrected chi connectivity index (χ1v) is 6.80.